The number of ketones is 3. The zero-order valence-electron chi connectivity index (χ0n) is 44.3. The maximum atomic E-state index is 14.5. The fourth-order valence-electron chi connectivity index (χ4n) is 10.5. The van der Waals surface area contributed by atoms with E-state index in [1.807, 2.05) is 51.2 Å². The Labute approximate surface area is 421 Å². The minimum atomic E-state index is -2.45. The van der Waals surface area contributed by atoms with Crippen LogP contribution in [-0.2, 0) is 57.2 Å². The lowest BCUT2D eigenvalue weighted by Crippen LogP contribution is -2.61. The Morgan fingerprint density at radius 1 is 0.873 bits per heavy atom. The molecule has 1 saturated carbocycles. The van der Waals surface area contributed by atoms with Crippen molar-refractivity contribution in [1.29, 1.82) is 0 Å². The SMILES string of the molecule is CO[C@H]1C[C@@H]2CC[C@@H](C)[C@@](O)(O2)C(=O)C(=O)N2CCCC[C@H]2C(=O)O[C@H]([C@H](C)C[C@@H]2CC[C@@H](OC(=O)N(C)OC)[C@H](OC)C2)CC(=O)[C@H](C)/C=C(\C)[C@@H](O)[C@@H](OC)C(=O)[C@H](C)C[C@H](C)/C=C/C=C/C=C/1C. The van der Waals surface area contributed by atoms with Crippen LogP contribution in [0.2, 0.25) is 0 Å². The Bertz CT molecular complexity index is 1950. The van der Waals surface area contributed by atoms with Crippen molar-refractivity contribution in [2.24, 2.45) is 35.5 Å². The molecule has 4 aliphatic rings. The largest absolute Gasteiger partial charge is 0.460 e. The molecule has 3 fully saturated rings. The number of cyclic esters (lactones) is 1. The summed E-state index contributed by atoms with van der Waals surface area (Å²) < 4.78 is 35.4. The number of hydroxylamine groups is 2. The summed E-state index contributed by atoms with van der Waals surface area (Å²) in [6.45, 7) is 12.6. The lowest BCUT2D eigenvalue weighted by molar-refractivity contribution is -0.265. The first-order valence-corrected chi connectivity index (χ1v) is 25.6. The molecule has 17 nitrogen and oxygen atoms in total. The molecule has 1 aliphatic carbocycles. The zero-order chi connectivity index (χ0) is 52.7. The number of carbonyl (C=O) groups is 6. The maximum absolute atomic E-state index is 14.5. The first kappa shape index (κ1) is 59.5. The molecule has 0 aromatic heterocycles. The van der Waals surface area contributed by atoms with Gasteiger partial charge in [-0.3, -0.25) is 24.0 Å². The highest BCUT2D eigenvalue weighted by molar-refractivity contribution is 6.39. The number of piperidine rings is 1. The number of carbonyl (C=O) groups excluding carboxylic acids is 6. The smallest absolute Gasteiger partial charge is 0.434 e. The minimum Gasteiger partial charge on any atom is -0.460 e. The number of methoxy groups -OCH3 is 3. The summed E-state index contributed by atoms with van der Waals surface area (Å²) in [5, 5.41) is 24.5. The summed E-state index contributed by atoms with van der Waals surface area (Å²) in [6, 6.07) is -1.18. The van der Waals surface area contributed by atoms with Crippen LogP contribution in [0.4, 0.5) is 4.79 Å². The van der Waals surface area contributed by atoms with Gasteiger partial charge in [-0.05, 0) is 107 Å². The molecule has 2 saturated heterocycles. The highest BCUT2D eigenvalue weighted by Crippen LogP contribution is 2.38. The first-order valence-electron chi connectivity index (χ1n) is 25.6. The molecule has 0 aromatic rings. The molecule has 0 radical (unpaired) electrons. The van der Waals surface area contributed by atoms with E-state index in [0.29, 0.717) is 69.8 Å². The van der Waals surface area contributed by atoms with Gasteiger partial charge in [0, 0.05) is 65.5 Å². The molecule has 0 aromatic carbocycles. The number of Topliss-reactive ketones (excluding diaryl/α,β-unsaturated/α-hetero) is 3. The van der Waals surface area contributed by atoms with Crippen LogP contribution in [0.25, 0.3) is 0 Å². The van der Waals surface area contributed by atoms with E-state index in [0.717, 1.165) is 10.6 Å². The average molecular weight is 1000 g/mol. The van der Waals surface area contributed by atoms with Gasteiger partial charge in [0.15, 0.2) is 5.78 Å². The number of aliphatic hydroxyl groups excluding tert-OH is 1. The van der Waals surface area contributed by atoms with Crippen LogP contribution < -0.4 is 0 Å². The van der Waals surface area contributed by atoms with Crippen molar-refractivity contribution >= 4 is 35.3 Å². The monoisotopic (exact) mass is 1000 g/mol. The van der Waals surface area contributed by atoms with E-state index < -0.39 is 102 Å². The van der Waals surface area contributed by atoms with Crippen molar-refractivity contribution < 1.29 is 72.2 Å². The van der Waals surface area contributed by atoms with Crippen molar-refractivity contribution in [1.82, 2.24) is 9.96 Å². The van der Waals surface area contributed by atoms with E-state index in [1.54, 1.807) is 48.0 Å². The third-order valence-electron chi connectivity index (χ3n) is 15.2. The minimum absolute atomic E-state index is 0.00393. The van der Waals surface area contributed by atoms with Crippen LogP contribution in [0.15, 0.2) is 47.6 Å². The van der Waals surface area contributed by atoms with Gasteiger partial charge in [0.05, 0.1) is 25.4 Å². The standard InChI is InChI=1S/C54H84N2O15/c1-32-18-14-13-15-19-33(2)44(65-9)30-40-23-21-38(7)54(64,71-40)50(60)51(61)56-25-17-16-20-41(56)52(62)69-45(31-42(57)34(3)27-37(6)48(59)49(67-11)47(58)36(5)26-32)35(4)28-39-22-24-43(46(29-39)66-10)70-53(63)55(8)68-12/h13-15,18-19,27,32,34-36,38-41,43-46,48-49,59,64H,16-17,20-26,28-31H2,1-12H3/b15-13+,18-14+,33-19+,37-27+/t32-,34-,35-,36-,38-,39+,40+,41+,43-,44+,45+,46-,48-,49+,54-/m1/s1. The molecule has 2 amide bonds. The number of hydrogen-bond donors (Lipinski definition) is 2. The fraction of sp³-hybridized carbons (Fsp3) is 0.741. The predicted molar refractivity (Wildman–Crippen MR) is 264 cm³/mol. The molecule has 2 N–H and O–H groups in total. The van der Waals surface area contributed by atoms with Gasteiger partial charge in [-0.2, -0.15) is 5.06 Å². The Kier molecular flexibility index (Phi) is 23.3. The topological polar surface area (TPSA) is 214 Å². The number of amides is 2. The van der Waals surface area contributed by atoms with Crippen molar-refractivity contribution in [2.45, 2.75) is 180 Å². The molecule has 4 rings (SSSR count). The highest BCUT2D eigenvalue weighted by atomic mass is 16.7. The third kappa shape index (κ3) is 15.9. The van der Waals surface area contributed by atoms with Gasteiger partial charge in [0.1, 0.15) is 36.2 Å². The second kappa shape index (κ2) is 27.8. The molecule has 0 unspecified atom stereocenters. The Hall–Kier alpha value is -4.10. The van der Waals surface area contributed by atoms with Crippen molar-refractivity contribution in [2.75, 3.05) is 42.0 Å². The number of aliphatic hydroxyl groups is 2. The van der Waals surface area contributed by atoms with E-state index in [4.69, 9.17) is 33.3 Å². The number of esters is 1. The molecule has 15 atom stereocenters. The molecular weight excluding hydrogens is 917 g/mol. The molecule has 17 heteroatoms. The molecule has 3 aliphatic heterocycles. The van der Waals surface area contributed by atoms with E-state index >= 15 is 0 Å². The van der Waals surface area contributed by atoms with Gasteiger partial charge < -0.3 is 43.5 Å². The van der Waals surface area contributed by atoms with Gasteiger partial charge in [-0.1, -0.05) is 71.1 Å². The summed E-state index contributed by atoms with van der Waals surface area (Å²) in [5.41, 5.74) is 1.24. The summed E-state index contributed by atoms with van der Waals surface area (Å²) in [5.74, 6) is -8.34. The van der Waals surface area contributed by atoms with Crippen LogP contribution in [0.1, 0.15) is 126 Å². The van der Waals surface area contributed by atoms with Gasteiger partial charge in [-0.25, -0.2) is 9.59 Å². The summed E-state index contributed by atoms with van der Waals surface area (Å²) in [6.07, 6.45) is 9.88. The molecule has 3 heterocycles. The van der Waals surface area contributed by atoms with E-state index in [1.165, 1.54) is 26.2 Å². The number of rotatable bonds is 8. The Morgan fingerprint density at radius 3 is 2.25 bits per heavy atom. The number of allylic oxidation sites excluding steroid dienone is 6. The van der Waals surface area contributed by atoms with Gasteiger partial charge in [-0.15, -0.1) is 0 Å². The van der Waals surface area contributed by atoms with Crippen LogP contribution in [0.5, 0.6) is 0 Å². The zero-order valence-corrected chi connectivity index (χ0v) is 44.3. The van der Waals surface area contributed by atoms with Gasteiger partial charge in [0.25, 0.3) is 11.7 Å². The Balaban J connectivity index is 1.69. The second-order valence-corrected chi connectivity index (χ2v) is 20.6. The van der Waals surface area contributed by atoms with E-state index in [-0.39, 0.29) is 42.8 Å². The molecule has 400 valence electrons. The van der Waals surface area contributed by atoms with Crippen LogP contribution >= 0.6 is 0 Å². The number of hydrogen-bond acceptors (Lipinski definition) is 15. The van der Waals surface area contributed by atoms with E-state index in [9.17, 15) is 39.0 Å². The molecular formula is C54H84N2O15. The van der Waals surface area contributed by atoms with Crippen molar-refractivity contribution in [3.63, 3.8) is 0 Å². The summed E-state index contributed by atoms with van der Waals surface area (Å²) >= 11 is 0. The third-order valence-corrected chi connectivity index (χ3v) is 15.2. The van der Waals surface area contributed by atoms with Crippen LogP contribution in [0, 0.1) is 35.5 Å². The van der Waals surface area contributed by atoms with Crippen molar-refractivity contribution in [3.05, 3.63) is 47.6 Å². The molecule has 2 bridgehead atoms. The quantitative estimate of drug-likeness (QED) is 0.111. The molecule has 71 heavy (non-hydrogen) atoms. The van der Waals surface area contributed by atoms with Crippen LogP contribution in [-0.4, -0.2) is 152 Å². The predicted octanol–water partition coefficient (Wildman–Crippen LogP) is 6.82. The number of fused-ring (bicyclic) bond motifs is 3. The van der Waals surface area contributed by atoms with E-state index in [2.05, 4.69) is 0 Å². The number of nitrogens with zero attached hydrogens (tertiary/aromatic N) is 2. The summed E-state index contributed by atoms with van der Waals surface area (Å²) in [4.78, 5) is 89.8. The summed E-state index contributed by atoms with van der Waals surface area (Å²) in [7, 11) is 7.30. The van der Waals surface area contributed by atoms with Crippen molar-refractivity contribution in [3.8, 4) is 0 Å². The first-order chi connectivity index (χ1) is 33.6. The normalized spacial score (nSPS) is 37.9. The van der Waals surface area contributed by atoms with Gasteiger partial charge >= 0.3 is 12.1 Å². The lowest BCUT2D eigenvalue weighted by Gasteiger charge is -2.42. The highest BCUT2D eigenvalue weighted by Gasteiger charge is 2.53. The fourth-order valence-corrected chi connectivity index (χ4v) is 10.5. The van der Waals surface area contributed by atoms with Gasteiger partial charge in [0.2, 0.25) is 5.79 Å². The lowest BCUT2D eigenvalue weighted by atomic mass is 9.78. The average Bonchev–Trinajstić information content (AvgIpc) is 3.35. The second-order valence-electron chi connectivity index (χ2n) is 20.6. The Morgan fingerprint density at radius 2 is 1.59 bits per heavy atom. The number of ether oxygens (including phenoxy) is 6. The maximum Gasteiger partial charge on any atom is 0.434 e. The van der Waals surface area contributed by atoms with Crippen LogP contribution in [0.3, 0.4) is 0 Å². The molecule has 0 spiro atoms.